The van der Waals surface area contributed by atoms with Crippen LogP contribution in [0.5, 0.6) is 0 Å². The number of nitrogens with one attached hydrogen (secondary N) is 3. The van der Waals surface area contributed by atoms with Gasteiger partial charge in [-0.15, -0.1) is 10.2 Å². The fraction of sp³-hybridized carbons (Fsp3) is 0.486. The zero-order chi connectivity index (χ0) is 33.4. The Morgan fingerprint density at radius 3 is 2.15 bits per heavy atom. The molecule has 1 aromatic heterocycles. The number of carbonyl (C=O) groups excluding carboxylic acids is 2. The number of aromatic nitrogens is 2. The van der Waals surface area contributed by atoms with Crippen molar-refractivity contribution in [3.63, 3.8) is 0 Å². The van der Waals surface area contributed by atoms with Gasteiger partial charge in [0, 0.05) is 36.4 Å². The highest BCUT2D eigenvalue weighted by molar-refractivity contribution is 5.91. The Balaban J connectivity index is 1.12. The minimum atomic E-state index is -1.14. The van der Waals surface area contributed by atoms with Gasteiger partial charge in [0.1, 0.15) is 5.69 Å². The SMILES string of the molecule is CC(C)C1(C(=O)NC2CCC(CC(=O)Nc3cc(-c4ccccc4)c(-c4ccc(C5(NC(=O)O)CC(C)(O)C5)cc4)nn3)CC2)CC1. The molecule has 3 aliphatic carbocycles. The van der Waals surface area contributed by atoms with E-state index in [-0.39, 0.29) is 42.0 Å². The normalized spacial score (nSPS) is 26.1. The van der Waals surface area contributed by atoms with Crippen LogP contribution in [0.4, 0.5) is 10.6 Å². The van der Waals surface area contributed by atoms with Gasteiger partial charge in [0.05, 0.1) is 16.6 Å². The Labute approximate surface area is 275 Å². The minimum Gasteiger partial charge on any atom is -0.465 e. The molecule has 0 unspecified atom stereocenters. The Bertz CT molecular complexity index is 1620. The van der Waals surface area contributed by atoms with Gasteiger partial charge in [-0.3, -0.25) is 9.59 Å². The molecule has 10 nitrogen and oxygen atoms in total. The average Bonchev–Trinajstić information content (AvgIpc) is 3.84. The van der Waals surface area contributed by atoms with Crippen LogP contribution < -0.4 is 16.0 Å². The quantitative estimate of drug-likeness (QED) is 0.176. The molecule has 3 saturated carbocycles. The summed E-state index contributed by atoms with van der Waals surface area (Å²) in [5.74, 6) is 1.08. The molecule has 3 amide bonds. The van der Waals surface area contributed by atoms with Crippen LogP contribution in [0.15, 0.2) is 60.7 Å². The molecule has 0 spiro atoms. The van der Waals surface area contributed by atoms with Crippen LogP contribution in [0, 0.1) is 17.3 Å². The number of hydrogen-bond acceptors (Lipinski definition) is 6. The van der Waals surface area contributed by atoms with Crippen LogP contribution in [0.1, 0.15) is 84.1 Å². The van der Waals surface area contributed by atoms with Gasteiger partial charge in [-0.2, -0.15) is 0 Å². The monoisotopic (exact) mass is 639 g/mol. The molecule has 10 heteroatoms. The number of aliphatic hydroxyl groups is 1. The van der Waals surface area contributed by atoms with Crippen LogP contribution in [0.3, 0.4) is 0 Å². The average molecular weight is 640 g/mol. The second-order valence-electron chi connectivity index (χ2n) is 14.6. The van der Waals surface area contributed by atoms with E-state index in [4.69, 9.17) is 0 Å². The third kappa shape index (κ3) is 7.02. The van der Waals surface area contributed by atoms with E-state index in [1.54, 1.807) is 6.92 Å². The lowest BCUT2D eigenvalue weighted by Crippen LogP contribution is -2.61. The molecule has 6 rings (SSSR count). The third-order valence-electron chi connectivity index (χ3n) is 10.6. The van der Waals surface area contributed by atoms with Crippen LogP contribution in [-0.2, 0) is 15.1 Å². The number of anilines is 1. The highest BCUT2D eigenvalue weighted by Crippen LogP contribution is 2.52. The number of rotatable bonds is 10. The van der Waals surface area contributed by atoms with E-state index in [2.05, 4.69) is 40.0 Å². The topological polar surface area (TPSA) is 154 Å². The van der Waals surface area contributed by atoms with E-state index >= 15 is 0 Å². The van der Waals surface area contributed by atoms with E-state index in [1.807, 2.05) is 60.7 Å². The summed E-state index contributed by atoms with van der Waals surface area (Å²) in [5, 5.41) is 37.6. The maximum atomic E-state index is 13.1. The smallest absolute Gasteiger partial charge is 0.405 e. The van der Waals surface area contributed by atoms with E-state index < -0.39 is 17.2 Å². The maximum absolute atomic E-state index is 13.1. The molecule has 1 heterocycles. The zero-order valence-electron chi connectivity index (χ0n) is 27.4. The highest BCUT2D eigenvalue weighted by Gasteiger charge is 2.53. The molecular formula is C37H45N5O5. The highest BCUT2D eigenvalue weighted by atomic mass is 16.4. The van der Waals surface area contributed by atoms with Gasteiger partial charge in [0.25, 0.3) is 0 Å². The number of nitrogens with zero attached hydrogens (tertiary/aromatic N) is 2. The van der Waals surface area contributed by atoms with Crippen molar-refractivity contribution in [1.29, 1.82) is 0 Å². The third-order valence-corrected chi connectivity index (χ3v) is 10.6. The number of benzene rings is 2. The molecule has 0 atom stereocenters. The summed E-state index contributed by atoms with van der Waals surface area (Å²) in [6, 6.07) is 19.3. The van der Waals surface area contributed by atoms with Gasteiger partial charge in [-0.25, -0.2) is 4.79 Å². The van der Waals surface area contributed by atoms with Crippen molar-refractivity contribution in [1.82, 2.24) is 20.8 Å². The Kier molecular flexibility index (Phi) is 8.82. The zero-order valence-corrected chi connectivity index (χ0v) is 27.4. The Morgan fingerprint density at radius 2 is 1.57 bits per heavy atom. The lowest BCUT2D eigenvalue weighted by atomic mass is 9.62. The summed E-state index contributed by atoms with van der Waals surface area (Å²) in [5.41, 5.74) is 1.96. The summed E-state index contributed by atoms with van der Waals surface area (Å²) in [6.07, 6.45) is 5.33. The summed E-state index contributed by atoms with van der Waals surface area (Å²) in [6.45, 7) is 5.96. The summed E-state index contributed by atoms with van der Waals surface area (Å²) >= 11 is 0. The van der Waals surface area contributed by atoms with Gasteiger partial charge < -0.3 is 26.2 Å². The van der Waals surface area contributed by atoms with Gasteiger partial charge >= 0.3 is 6.09 Å². The van der Waals surface area contributed by atoms with E-state index in [1.165, 1.54) is 0 Å². The van der Waals surface area contributed by atoms with Crippen molar-refractivity contribution in [2.24, 2.45) is 17.3 Å². The van der Waals surface area contributed by atoms with Crippen LogP contribution >= 0.6 is 0 Å². The predicted octanol–water partition coefficient (Wildman–Crippen LogP) is 6.26. The molecule has 5 N–H and O–H groups in total. The fourth-order valence-electron chi connectivity index (χ4n) is 7.77. The minimum absolute atomic E-state index is 0.104. The van der Waals surface area contributed by atoms with Gasteiger partial charge in [0.2, 0.25) is 11.8 Å². The number of carbonyl (C=O) groups is 3. The largest absolute Gasteiger partial charge is 0.465 e. The molecule has 3 aromatic rings. The number of carboxylic acid groups (broad SMARTS) is 1. The Hall–Kier alpha value is -4.31. The van der Waals surface area contributed by atoms with Crippen LogP contribution in [0.2, 0.25) is 0 Å². The molecule has 2 aromatic carbocycles. The molecular weight excluding hydrogens is 594 g/mol. The van der Waals surface area contributed by atoms with Gasteiger partial charge in [-0.1, -0.05) is 68.4 Å². The van der Waals surface area contributed by atoms with Crippen molar-refractivity contribution in [2.45, 2.75) is 95.7 Å². The first kappa shape index (κ1) is 32.6. The number of amides is 3. The fourth-order valence-corrected chi connectivity index (χ4v) is 7.77. The summed E-state index contributed by atoms with van der Waals surface area (Å²) in [4.78, 5) is 37.5. The van der Waals surface area contributed by atoms with Crippen molar-refractivity contribution < 1.29 is 24.6 Å². The standard InChI is InChI=1S/C37H45N5O5/c1-23(2)36(17-18-36)33(44)38-28-15-9-24(10-16-28)19-31(43)39-30-20-29(25-7-5-4-6-8-25)32(42-41-30)26-11-13-27(14-12-26)37(40-34(45)46)21-35(3,47)22-37/h4-8,11-14,20,23-24,28,40,47H,9-10,15-19,21-22H2,1-3H3,(H,38,44)(H,45,46)(H,39,41,43). The van der Waals surface area contributed by atoms with Gasteiger partial charge in [-0.05, 0) is 74.5 Å². The predicted molar refractivity (Wildman–Crippen MR) is 179 cm³/mol. The molecule has 3 fully saturated rings. The second kappa shape index (κ2) is 12.7. The molecule has 0 aliphatic heterocycles. The van der Waals surface area contributed by atoms with Gasteiger partial charge in [0.15, 0.2) is 5.82 Å². The van der Waals surface area contributed by atoms with E-state index in [0.717, 1.165) is 60.8 Å². The van der Waals surface area contributed by atoms with Crippen molar-refractivity contribution in [3.8, 4) is 22.4 Å². The molecule has 0 saturated heterocycles. The molecule has 0 bridgehead atoms. The second-order valence-corrected chi connectivity index (χ2v) is 14.6. The molecule has 248 valence electrons. The maximum Gasteiger partial charge on any atom is 0.405 e. The summed E-state index contributed by atoms with van der Waals surface area (Å²) in [7, 11) is 0. The van der Waals surface area contributed by atoms with Crippen molar-refractivity contribution in [2.75, 3.05) is 5.32 Å². The molecule has 3 aliphatic rings. The molecule has 47 heavy (non-hydrogen) atoms. The first-order chi connectivity index (χ1) is 22.4. The van der Waals surface area contributed by atoms with Crippen LogP contribution in [0.25, 0.3) is 22.4 Å². The summed E-state index contributed by atoms with van der Waals surface area (Å²) < 4.78 is 0. The number of hydrogen-bond donors (Lipinski definition) is 5. The van der Waals surface area contributed by atoms with Crippen LogP contribution in [-0.4, -0.2) is 50.0 Å². The first-order valence-corrected chi connectivity index (χ1v) is 16.8. The lowest BCUT2D eigenvalue weighted by molar-refractivity contribution is -0.129. The first-order valence-electron chi connectivity index (χ1n) is 16.8. The van der Waals surface area contributed by atoms with E-state index in [0.29, 0.717) is 23.9 Å². The van der Waals surface area contributed by atoms with Crippen molar-refractivity contribution >= 4 is 23.7 Å². The Morgan fingerprint density at radius 1 is 0.915 bits per heavy atom. The molecule has 0 radical (unpaired) electrons. The van der Waals surface area contributed by atoms with E-state index in [9.17, 15) is 24.6 Å². The lowest BCUT2D eigenvalue weighted by Gasteiger charge is -2.51. The van der Waals surface area contributed by atoms with Crippen molar-refractivity contribution in [3.05, 3.63) is 66.2 Å².